The molecule has 0 bridgehead atoms. The van der Waals surface area contributed by atoms with Crippen LogP contribution in [0.4, 0.5) is 0 Å². The van der Waals surface area contributed by atoms with Crippen molar-refractivity contribution in [3.05, 3.63) is 29.3 Å². The smallest absolute Gasteiger partial charge is 0.217 e. The minimum absolute atomic E-state index is 0.0414. The lowest BCUT2D eigenvalue weighted by Crippen LogP contribution is -2.41. The summed E-state index contributed by atoms with van der Waals surface area (Å²) < 4.78 is 5.33. The van der Waals surface area contributed by atoms with Crippen LogP contribution in [0.25, 0.3) is 0 Å². The van der Waals surface area contributed by atoms with Crippen molar-refractivity contribution in [2.75, 3.05) is 20.2 Å². The van der Waals surface area contributed by atoms with Crippen LogP contribution in [-0.4, -0.2) is 37.0 Å². The number of methoxy groups -OCH3 is 1. The molecule has 0 aliphatic carbocycles. The zero-order chi connectivity index (χ0) is 15.2. The van der Waals surface area contributed by atoms with Gasteiger partial charge in [-0.15, -0.1) is 0 Å². The number of fused-ring (bicyclic) bond motifs is 1. The third-order valence-electron chi connectivity index (χ3n) is 3.96. The molecule has 0 unspecified atom stereocenters. The zero-order valence-corrected chi connectivity index (χ0v) is 13.3. The fourth-order valence-corrected chi connectivity index (χ4v) is 3.02. The Hall–Kier alpha value is -1.55. The largest absolute Gasteiger partial charge is 0.497 e. The highest BCUT2D eigenvalue weighted by atomic mass is 16.5. The van der Waals surface area contributed by atoms with E-state index < -0.39 is 0 Å². The predicted molar refractivity (Wildman–Crippen MR) is 84.5 cm³/mol. The molecule has 1 heterocycles. The second-order valence-corrected chi connectivity index (χ2v) is 5.93. The molecule has 116 valence electrons. The van der Waals surface area contributed by atoms with Gasteiger partial charge in [-0.1, -0.05) is 6.07 Å². The van der Waals surface area contributed by atoms with E-state index in [4.69, 9.17) is 4.74 Å². The van der Waals surface area contributed by atoms with E-state index in [1.54, 1.807) is 14.0 Å². The lowest BCUT2D eigenvalue weighted by molar-refractivity contribution is -0.119. The van der Waals surface area contributed by atoms with Crippen LogP contribution in [0.2, 0.25) is 0 Å². The van der Waals surface area contributed by atoms with Crippen molar-refractivity contribution in [1.82, 2.24) is 10.2 Å². The summed E-state index contributed by atoms with van der Waals surface area (Å²) in [4.78, 5) is 13.6. The standard InChI is InChI=1S/C17H26N2O2/c1-13(18-14(2)20)11-19-9-5-4-6-15-10-17(21-3)8-7-16(15)12-19/h7-8,10,13H,4-6,9,11-12H2,1-3H3,(H,18,20)/t13-/m0/s1. The number of carbonyl (C=O) groups excluding carboxylic acids is 1. The van der Waals surface area contributed by atoms with Crippen LogP contribution in [0, 0.1) is 0 Å². The number of aryl methyl sites for hydroxylation is 1. The number of rotatable bonds is 4. The van der Waals surface area contributed by atoms with Crippen molar-refractivity contribution in [3.8, 4) is 5.75 Å². The third kappa shape index (κ3) is 4.74. The normalized spacial score (nSPS) is 17.3. The van der Waals surface area contributed by atoms with Crippen LogP contribution >= 0.6 is 0 Å². The highest BCUT2D eigenvalue weighted by Gasteiger charge is 2.16. The number of hydrogen-bond donors (Lipinski definition) is 1. The van der Waals surface area contributed by atoms with Gasteiger partial charge < -0.3 is 10.1 Å². The van der Waals surface area contributed by atoms with Crippen molar-refractivity contribution in [3.63, 3.8) is 0 Å². The molecule has 0 saturated carbocycles. The van der Waals surface area contributed by atoms with Gasteiger partial charge in [-0.25, -0.2) is 0 Å². The minimum atomic E-state index is 0.0414. The summed E-state index contributed by atoms with van der Waals surface area (Å²) in [5, 5.41) is 2.97. The first kappa shape index (κ1) is 15.8. The highest BCUT2D eigenvalue weighted by Crippen LogP contribution is 2.23. The van der Waals surface area contributed by atoms with E-state index in [-0.39, 0.29) is 11.9 Å². The van der Waals surface area contributed by atoms with Gasteiger partial charge in [0.15, 0.2) is 0 Å². The Bertz CT molecular complexity index is 488. The van der Waals surface area contributed by atoms with Crippen molar-refractivity contribution in [1.29, 1.82) is 0 Å². The number of amides is 1. The first-order valence-corrected chi connectivity index (χ1v) is 7.73. The fourth-order valence-electron chi connectivity index (χ4n) is 3.02. The summed E-state index contributed by atoms with van der Waals surface area (Å²) in [6, 6.07) is 6.56. The Morgan fingerprint density at radius 1 is 1.38 bits per heavy atom. The zero-order valence-electron chi connectivity index (χ0n) is 13.3. The molecule has 1 aliphatic heterocycles. The quantitative estimate of drug-likeness (QED) is 0.925. The Morgan fingerprint density at radius 2 is 2.19 bits per heavy atom. The molecular weight excluding hydrogens is 264 g/mol. The fraction of sp³-hybridized carbons (Fsp3) is 0.588. The Balaban J connectivity index is 2.06. The molecule has 1 aliphatic rings. The Labute approximate surface area is 127 Å². The monoisotopic (exact) mass is 290 g/mol. The topological polar surface area (TPSA) is 41.6 Å². The van der Waals surface area contributed by atoms with Gasteiger partial charge in [0.05, 0.1) is 7.11 Å². The molecule has 4 nitrogen and oxygen atoms in total. The summed E-state index contributed by atoms with van der Waals surface area (Å²) in [5.41, 5.74) is 2.77. The van der Waals surface area contributed by atoms with E-state index in [2.05, 4.69) is 29.3 Å². The maximum atomic E-state index is 11.1. The molecule has 0 aromatic heterocycles. The second kappa shape index (κ2) is 7.46. The number of nitrogens with zero attached hydrogens (tertiary/aromatic N) is 1. The molecule has 1 aromatic rings. The molecule has 21 heavy (non-hydrogen) atoms. The van der Waals surface area contributed by atoms with E-state index in [1.165, 1.54) is 24.0 Å². The maximum absolute atomic E-state index is 11.1. The number of carbonyl (C=O) groups is 1. The van der Waals surface area contributed by atoms with Crippen molar-refractivity contribution in [2.24, 2.45) is 0 Å². The van der Waals surface area contributed by atoms with E-state index in [0.717, 1.165) is 31.8 Å². The van der Waals surface area contributed by atoms with Crippen molar-refractivity contribution in [2.45, 2.75) is 45.7 Å². The SMILES string of the molecule is COc1ccc2c(c1)CCCCN(C[C@H](C)NC(C)=O)C2. The van der Waals surface area contributed by atoms with Crippen molar-refractivity contribution >= 4 is 5.91 Å². The van der Waals surface area contributed by atoms with Gasteiger partial charge in [0.2, 0.25) is 5.91 Å². The molecule has 1 amide bonds. The van der Waals surface area contributed by atoms with E-state index >= 15 is 0 Å². The van der Waals surface area contributed by atoms with Gasteiger partial charge in [0.25, 0.3) is 0 Å². The van der Waals surface area contributed by atoms with Gasteiger partial charge in [0.1, 0.15) is 5.75 Å². The molecule has 4 heteroatoms. The van der Waals surface area contributed by atoms with Gasteiger partial charge in [-0.05, 0) is 56.0 Å². The lowest BCUT2D eigenvalue weighted by Gasteiger charge is -2.29. The molecule has 0 spiro atoms. The summed E-state index contributed by atoms with van der Waals surface area (Å²) in [5.74, 6) is 0.979. The van der Waals surface area contributed by atoms with Gasteiger partial charge in [-0.2, -0.15) is 0 Å². The first-order chi connectivity index (χ1) is 10.1. The third-order valence-corrected chi connectivity index (χ3v) is 3.96. The predicted octanol–water partition coefficient (Wildman–Crippen LogP) is 2.36. The highest BCUT2D eigenvalue weighted by molar-refractivity contribution is 5.73. The number of hydrogen-bond acceptors (Lipinski definition) is 3. The van der Waals surface area contributed by atoms with Gasteiger partial charge >= 0.3 is 0 Å². The van der Waals surface area contributed by atoms with E-state index in [0.29, 0.717) is 0 Å². The number of benzene rings is 1. The molecular formula is C17H26N2O2. The van der Waals surface area contributed by atoms with Crippen LogP contribution in [0.3, 0.4) is 0 Å². The summed E-state index contributed by atoms with van der Waals surface area (Å²) in [6.45, 7) is 6.57. The molecule has 1 atom stereocenters. The van der Waals surface area contributed by atoms with Crippen LogP contribution in [0.5, 0.6) is 5.75 Å². The Morgan fingerprint density at radius 3 is 2.90 bits per heavy atom. The number of nitrogens with one attached hydrogen (secondary N) is 1. The molecule has 0 radical (unpaired) electrons. The molecule has 2 rings (SSSR count). The maximum Gasteiger partial charge on any atom is 0.217 e. The molecule has 1 N–H and O–H groups in total. The summed E-state index contributed by atoms with van der Waals surface area (Å²) >= 11 is 0. The minimum Gasteiger partial charge on any atom is -0.497 e. The molecule has 0 fully saturated rings. The van der Waals surface area contributed by atoms with Gasteiger partial charge in [0, 0.05) is 26.1 Å². The van der Waals surface area contributed by atoms with Gasteiger partial charge in [-0.3, -0.25) is 9.69 Å². The molecule has 0 saturated heterocycles. The van der Waals surface area contributed by atoms with Crippen LogP contribution in [-0.2, 0) is 17.8 Å². The second-order valence-electron chi connectivity index (χ2n) is 5.93. The summed E-state index contributed by atoms with van der Waals surface area (Å²) in [7, 11) is 1.71. The number of ether oxygens (including phenoxy) is 1. The average molecular weight is 290 g/mol. The van der Waals surface area contributed by atoms with E-state index in [1.807, 2.05) is 6.07 Å². The first-order valence-electron chi connectivity index (χ1n) is 7.73. The summed E-state index contributed by atoms with van der Waals surface area (Å²) in [6.07, 6.45) is 3.52. The molecule has 1 aromatic carbocycles. The average Bonchev–Trinajstić information content (AvgIpc) is 2.40. The van der Waals surface area contributed by atoms with E-state index in [9.17, 15) is 4.79 Å². The lowest BCUT2D eigenvalue weighted by atomic mass is 9.98. The Kier molecular flexibility index (Phi) is 5.62. The van der Waals surface area contributed by atoms with Crippen LogP contribution in [0.15, 0.2) is 18.2 Å². The van der Waals surface area contributed by atoms with Crippen molar-refractivity contribution < 1.29 is 9.53 Å². The van der Waals surface area contributed by atoms with Crippen LogP contribution in [0.1, 0.15) is 37.8 Å². The van der Waals surface area contributed by atoms with Crippen LogP contribution < -0.4 is 10.1 Å².